The molecule has 3 aromatic rings. The summed E-state index contributed by atoms with van der Waals surface area (Å²) in [4.78, 5) is 28.5. The van der Waals surface area contributed by atoms with Crippen LogP contribution in [0.2, 0.25) is 5.02 Å². The van der Waals surface area contributed by atoms with Crippen molar-refractivity contribution in [2.75, 3.05) is 30.8 Å². The van der Waals surface area contributed by atoms with Gasteiger partial charge in [0, 0.05) is 31.1 Å². The molecule has 0 spiro atoms. The van der Waals surface area contributed by atoms with Gasteiger partial charge in [0.25, 0.3) is 5.91 Å². The number of hydrogen-bond acceptors (Lipinski definition) is 6. The second kappa shape index (κ2) is 12.2. The molecule has 1 aliphatic rings. The fourth-order valence-electron chi connectivity index (χ4n) is 3.92. The van der Waals surface area contributed by atoms with Gasteiger partial charge in [0.2, 0.25) is 0 Å². The van der Waals surface area contributed by atoms with Gasteiger partial charge in [0.15, 0.2) is 5.75 Å². The number of aromatic nitrogens is 1. The van der Waals surface area contributed by atoms with Crippen LogP contribution >= 0.6 is 11.6 Å². The first-order valence-electron chi connectivity index (χ1n) is 11.9. The molecule has 0 radical (unpaired) electrons. The summed E-state index contributed by atoms with van der Waals surface area (Å²) in [5, 5.41) is 10.1. The molecule has 9 nitrogen and oxygen atoms in total. The highest BCUT2D eigenvalue weighted by atomic mass is 35.5. The average Bonchev–Trinajstić information content (AvgIpc) is 2.90. The predicted octanol–water partition coefficient (Wildman–Crippen LogP) is 5.68. The van der Waals surface area contributed by atoms with Crippen LogP contribution in [0.3, 0.4) is 0 Å². The lowest BCUT2D eigenvalue weighted by atomic mass is 10.1. The lowest BCUT2D eigenvalue weighted by molar-refractivity contribution is -0.138. The smallest absolute Gasteiger partial charge is 0.422 e. The summed E-state index contributed by atoms with van der Waals surface area (Å²) in [5.41, 5.74) is -1.26. The number of ether oxygens (including phenoxy) is 2. The molecule has 1 aromatic heterocycles. The number of benzene rings is 2. The minimum atomic E-state index is -4.85. The minimum Gasteiger partial charge on any atom is -0.488 e. The molecule has 0 unspecified atom stereocenters. The molecule has 4 N–H and O–H groups in total. The summed E-state index contributed by atoms with van der Waals surface area (Å²) in [6.45, 7) is 1.23. The predicted molar refractivity (Wildman–Crippen MR) is 140 cm³/mol. The third-order valence-corrected chi connectivity index (χ3v) is 6.03. The number of rotatable bonds is 7. The number of nitrogens with zero attached hydrogens (tertiary/aromatic N) is 1. The highest BCUT2D eigenvalue weighted by molar-refractivity contribution is 6.32. The molecular weight excluding hydrogens is 539 g/mol. The summed E-state index contributed by atoms with van der Waals surface area (Å²) in [7, 11) is 1.47. The lowest BCUT2D eigenvalue weighted by Gasteiger charge is -2.27. The summed E-state index contributed by atoms with van der Waals surface area (Å²) in [6, 6.07) is 10.6. The van der Waals surface area contributed by atoms with E-state index < -0.39 is 41.2 Å². The number of piperidine rings is 1. The number of hydrogen-bond donors (Lipinski definition) is 4. The van der Waals surface area contributed by atoms with Gasteiger partial charge in [-0.25, -0.2) is 4.79 Å². The standard InChI is InChI=1S/C26H25ClF3N5O4/c1-31-24(36)21-14-18(9-12-33-21)38-17-4-2-3-15(13-17)34-25(37)35-20-6-5-19(27)23(22(20)26(28,29)30)39-16-7-10-32-11-8-16/h2-6,9,12-14,16,32H,7-8,10-11H2,1H3,(H,31,36)(H2,34,35,37). The second-order valence-electron chi connectivity index (χ2n) is 8.53. The van der Waals surface area contributed by atoms with Crippen LogP contribution in [0.5, 0.6) is 17.2 Å². The Morgan fingerprint density at radius 3 is 2.51 bits per heavy atom. The number of urea groups is 1. The van der Waals surface area contributed by atoms with E-state index in [2.05, 4.69) is 26.3 Å². The first kappa shape index (κ1) is 28.0. The first-order chi connectivity index (χ1) is 18.6. The average molecular weight is 564 g/mol. The molecule has 0 atom stereocenters. The maximum Gasteiger partial charge on any atom is 0.422 e. The normalized spacial score (nSPS) is 13.9. The SMILES string of the molecule is CNC(=O)c1cc(Oc2cccc(NC(=O)Nc3ccc(Cl)c(OC4CCNCC4)c3C(F)(F)F)c2)ccn1. The van der Waals surface area contributed by atoms with Gasteiger partial charge in [-0.3, -0.25) is 9.78 Å². The van der Waals surface area contributed by atoms with Crippen molar-refractivity contribution in [3.8, 4) is 17.2 Å². The monoisotopic (exact) mass is 563 g/mol. The Kier molecular flexibility index (Phi) is 8.77. The second-order valence-corrected chi connectivity index (χ2v) is 8.94. The van der Waals surface area contributed by atoms with Crippen molar-refractivity contribution in [3.63, 3.8) is 0 Å². The molecule has 0 bridgehead atoms. The molecule has 13 heteroatoms. The maximum atomic E-state index is 14.1. The van der Waals surface area contributed by atoms with Gasteiger partial charge in [0.05, 0.1) is 10.7 Å². The molecule has 0 aliphatic carbocycles. The van der Waals surface area contributed by atoms with Crippen LogP contribution in [-0.2, 0) is 6.18 Å². The first-order valence-corrected chi connectivity index (χ1v) is 12.3. The molecular formula is C26H25ClF3N5O4. The van der Waals surface area contributed by atoms with E-state index in [0.29, 0.717) is 37.4 Å². The van der Waals surface area contributed by atoms with Gasteiger partial charge < -0.3 is 30.7 Å². The molecule has 39 heavy (non-hydrogen) atoms. The van der Waals surface area contributed by atoms with Crippen LogP contribution in [0.15, 0.2) is 54.7 Å². The fraction of sp³-hybridized carbons (Fsp3) is 0.269. The third-order valence-electron chi connectivity index (χ3n) is 5.73. The lowest BCUT2D eigenvalue weighted by Crippen LogP contribution is -2.34. The van der Waals surface area contributed by atoms with Crippen LogP contribution in [0.25, 0.3) is 0 Å². The van der Waals surface area contributed by atoms with Gasteiger partial charge in [-0.15, -0.1) is 0 Å². The molecule has 1 fully saturated rings. The number of anilines is 2. The number of halogens is 4. The molecule has 206 valence electrons. The van der Waals surface area contributed by atoms with Gasteiger partial charge >= 0.3 is 12.2 Å². The Bertz CT molecular complexity index is 1350. The summed E-state index contributed by atoms with van der Waals surface area (Å²) in [6.07, 6.45) is -2.83. The van der Waals surface area contributed by atoms with Crippen molar-refractivity contribution in [3.05, 3.63) is 71.0 Å². The molecule has 1 saturated heterocycles. The van der Waals surface area contributed by atoms with Crippen molar-refractivity contribution >= 4 is 34.9 Å². The molecule has 2 heterocycles. The Labute approximate surface area is 227 Å². The van der Waals surface area contributed by atoms with E-state index in [-0.39, 0.29) is 16.4 Å². The zero-order valence-electron chi connectivity index (χ0n) is 20.7. The van der Waals surface area contributed by atoms with Crippen molar-refractivity contribution in [2.24, 2.45) is 0 Å². The van der Waals surface area contributed by atoms with Crippen LogP contribution in [0, 0.1) is 0 Å². The summed E-state index contributed by atoms with van der Waals surface area (Å²) < 4.78 is 53.8. The number of alkyl halides is 3. The van der Waals surface area contributed by atoms with E-state index in [1.165, 1.54) is 37.5 Å². The fourth-order valence-corrected chi connectivity index (χ4v) is 4.13. The van der Waals surface area contributed by atoms with Crippen LogP contribution < -0.4 is 30.7 Å². The largest absolute Gasteiger partial charge is 0.488 e. The van der Waals surface area contributed by atoms with Crippen molar-refractivity contribution in [1.82, 2.24) is 15.6 Å². The Hall–Kier alpha value is -4.03. The van der Waals surface area contributed by atoms with E-state index in [1.54, 1.807) is 18.2 Å². The van der Waals surface area contributed by atoms with Crippen LogP contribution in [0.4, 0.5) is 29.3 Å². The van der Waals surface area contributed by atoms with Crippen molar-refractivity contribution in [2.45, 2.75) is 25.1 Å². The molecule has 1 aliphatic heterocycles. The number of nitrogens with one attached hydrogen (secondary N) is 4. The van der Waals surface area contributed by atoms with Gasteiger partial charge in [-0.05, 0) is 56.3 Å². The zero-order chi connectivity index (χ0) is 28.0. The third kappa shape index (κ3) is 7.30. The zero-order valence-corrected chi connectivity index (χ0v) is 21.4. The molecule has 2 aromatic carbocycles. The highest BCUT2D eigenvalue weighted by Gasteiger charge is 2.39. The van der Waals surface area contributed by atoms with Gasteiger partial charge in [-0.1, -0.05) is 17.7 Å². The Morgan fingerprint density at radius 1 is 1.05 bits per heavy atom. The van der Waals surface area contributed by atoms with E-state index in [0.717, 1.165) is 6.07 Å². The number of pyridine rings is 1. The topological polar surface area (TPSA) is 114 Å². The van der Waals surface area contributed by atoms with Crippen molar-refractivity contribution < 1.29 is 32.2 Å². The maximum absolute atomic E-state index is 14.1. The van der Waals surface area contributed by atoms with Crippen LogP contribution in [-0.4, -0.2) is 43.2 Å². The summed E-state index contributed by atoms with van der Waals surface area (Å²) in [5.74, 6) is -0.278. The quantitative estimate of drug-likeness (QED) is 0.294. The highest BCUT2D eigenvalue weighted by Crippen LogP contribution is 2.45. The summed E-state index contributed by atoms with van der Waals surface area (Å²) >= 11 is 6.10. The molecule has 0 saturated carbocycles. The number of carbonyl (C=O) groups excluding carboxylic acids is 2. The number of carbonyl (C=O) groups is 2. The van der Waals surface area contributed by atoms with E-state index >= 15 is 0 Å². The van der Waals surface area contributed by atoms with E-state index in [1.807, 2.05) is 0 Å². The Morgan fingerprint density at radius 2 is 1.79 bits per heavy atom. The number of amides is 3. The van der Waals surface area contributed by atoms with Crippen LogP contribution in [0.1, 0.15) is 28.9 Å². The van der Waals surface area contributed by atoms with Gasteiger partial charge in [-0.2, -0.15) is 13.2 Å². The van der Waals surface area contributed by atoms with E-state index in [9.17, 15) is 22.8 Å². The molecule has 4 rings (SSSR count). The van der Waals surface area contributed by atoms with Gasteiger partial charge in [0.1, 0.15) is 28.9 Å². The van der Waals surface area contributed by atoms with E-state index in [4.69, 9.17) is 21.1 Å². The molecule has 3 amide bonds. The Balaban J connectivity index is 1.50. The minimum absolute atomic E-state index is 0.149. The van der Waals surface area contributed by atoms with Crippen molar-refractivity contribution in [1.29, 1.82) is 0 Å².